The Hall–Kier alpha value is -3.19. The van der Waals surface area contributed by atoms with E-state index in [2.05, 4.69) is 10.3 Å². The maximum atomic E-state index is 13.1. The number of thiophene rings is 1. The molecule has 3 heterocycles. The van der Waals surface area contributed by atoms with Gasteiger partial charge in [0.15, 0.2) is 0 Å². The first-order valence-corrected chi connectivity index (χ1v) is 11.8. The van der Waals surface area contributed by atoms with Gasteiger partial charge in [-0.05, 0) is 61.4 Å². The van der Waals surface area contributed by atoms with Gasteiger partial charge in [-0.15, -0.1) is 11.3 Å². The predicted octanol–water partition coefficient (Wildman–Crippen LogP) is 4.59. The maximum absolute atomic E-state index is 13.1. The Labute approximate surface area is 192 Å². The predicted molar refractivity (Wildman–Crippen MR) is 125 cm³/mol. The lowest BCUT2D eigenvalue weighted by Gasteiger charge is -2.35. The van der Waals surface area contributed by atoms with Crippen molar-refractivity contribution in [3.05, 3.63) is 82.3 Å². The molecule has 166 valence electrons. The second kappa shape index (κ2) is 10.4. The number of ether oxygens (including phenoxy) is 1. The van der Waals surface area contributed by atoms with E-state index in [1.54, 1.807) is 17.3 Å². The van der Waals surface area contributed by atoms with Gasteiger partial charge < -0.3 is 15.0 Å². The van der Waals surface area contributed by atoms with Gasteiger partial charge in [0.1, 0.15) is 18.4 Å². The molecule has 3 aromatic rings. The molecule has 0 bridgehead atoms. The number of nitrogens with one attached hydrogen (secondary N) is 1. The minimum Gasteiger partial charge on any atom is -0.489 e. The van der Waals surface area contributed by atoms with Gasteiger partial charge in [0.05, 0.1) is 10.9 Å². The molecule has 32 heavy (non-hydrogen) atoms. The highest BCUT2D eigenvalue weighted by Crippen LogP contribution is 2.24. The van der Waals surface area contributed by atoms with E-state index in [1.165, 1.54) is 11.3 Å². The highest BCUT2D eigenvalue weighted by Gasteiger charge is 2.33. The molecule has 0 aliphatic carbocycles. The molecule has 1 aliphatic rings. The number of piperidine rings is 1. The van der Waals surface area contributed by atoms with Crippen LogP contribution in [0.2, 0.25) is 0 Å². The zero-order valence-corrected chi connectivity index (χ0v) is 18.9. The number of pyridine rings is 1. The molecular formula is C25H27N3O3S. The third-order valence-electron chi connectivity index (χ3n) is 5.67. The van der Waals surface area contributed by atoms with Crippen LogP contribution < -0.4 is 10.1 Å². The molecule has 4 rings (SSSR count). The van der Waals surface area contributed by atoms with Crippen LogP contribution in [0.15, 0.2) is 66.3 Å². The lowest BCUT2D eigenvalue weighted by atomic mass is 10.00. The summed E-state index contributed by atoms with van der Waals surface area (Å²) in [4.78, 5) is 32.4. The third kappa shape index (κ3) is 5.34. The fourth-order valence-corrected chi connectivity index (χ4v) is 4.56. The number of hydrogen-bond acceptors (Lipinski definition) is 5. The SMILES string of the molecule is CC(NC(=O)C1CCCCN1C(=O)c1cccs1)c1ccc(OCc2cccnc2)cc1. The van der Waals surface area contributed by atoms with E-state index >= 15 is 0 Å². The van der Waals surface area contributed by atoms with E-state index in [0.717, 1.165) is 29.7 Å². The van der Waals surface area contributed by atoms with E-state index in [4.69, 9.17) is 4.74 Å². The van der Waals surface area contributed by atoms with Crippen LogP contribution in [-0.2, 0) is 11.4 Å². The summed E-state index contributed by atoms with van der Waals surface area (Å²) in [5, 5.41) is 4.98. The van der Waals surface area contributed by atoms with Crippen LogP contribution in [0, 0.1) is 0 Å². The van der Waals surface area contributed by atoms with Gasteiger partial charge in [-0.3, -0.25) is 14.6 Å². The van der Waals surface area contributed by atoms with Crippen molar-refractivity contribution in [2.24, 2.45) is 0 Å². The molecule has 0 saturated carbocycles. The number of amides is 2. The Morgan fingerprint density at radius 3 is 2.75 bits per heavy atom. The standard InChI is InChI=1S/C25H27N3O3S/c1-18(20-9-11-21(12-10-20)31-17-19-6-4-13-26-16-19)27-24(29)22-7-2-3-14-28(22)25(30)23-8-5-15-32-23/h4-6,8-13,15-16,18,22H,2-3,7,14,17H2,1H3,(H,27,29). The monoisotopic (exact) mass is 449 g/mol. The first-order chi connectivity index (χ1) is 15.6. The molecule has 7 heteroatoms. The fourth-order valence-electron chi connectivity index (χ4n) is 3.88. The number of nitrogens with zero attached hydrogens (tertiary/aromatic N) is 2. The molecule has 2 unspecified atom stereocenters. The van der Waals surface area contributed by atoms with Crippen LogP contribution in [0.3, 0.4) is 0 Å². The Morgan fingerprint density at radius 2 is 2.03 bits per heavy atom. The van der Waals surface area contributed by atoms with Crippen molar-refractivity contribution < 1.29 is 14.3 Å². The van der Waals surface area contributed by atoms with Crippen molar-refractivity contribution in [2.45, 2.75) is 44.9 Å². The molecule has 1 fully saturated rings. The summed E-state index contributed by atoms with van der Waals surface area (Å²) in [6.45, 7) is 3.03. The topological polar surface area (TPSA) is 71.5 Å². The van der Waals surface area contributed by atoms with E-state index in [9.17, 15) is 9.59 Å². The number of likely N-dealkylation sites (tertiary alicyclic amines) is 1. The van der Waals surface area contributed by atoms with Crippen molar-refractivity contribution >= 4 is 23.2 Å². The second-order valence-corrected chi connectivity index (χ2v) is 8.88. The second-order valence-electron chi connectivity index (χ2n) is 7.94. The molecule has 2 atom stereocenters. The van der Waals surface area contributed by atoms with Crippen molar-refractivity contribution in [3.63, 3.8) is 0 Å². The molecule has 2 aromatic heterocycles. The number of carbonyl (C=O) groups is 2. The number of benzene rings is 1. The molecule has 1 aliphatic heterocycles. The molecule has 0 radical (unpaired) electrons. The third-order valence-corrected chi connectivity index (χ3v) is 6.52. The van der Waals surface area contributed by atoms with Crippen molar-refractivity contribution in [1.82, 2.24) is 15.2 Å². The number of aromatic nitrogens is 1. The van der Waals surface area contributed by atoms with Crippen LogP contribution in [0.4, 0.5) is 0 Å². The summed E-state index contributed by atoms with van der Waals surface area (Å²) < 4.78 is 5.81. The maximum Gasteiger partial charge on any atom is 0.264 e. The zero-order valence-electron chi connectivity index (χ0n) is 18.1. The Morgan fingerprint density at radius 1 is 1.19 bits per heavy atom. The van der Waals surface area contributed by atoms with Gasteiger partial charge in [0.2, 0.25) is 5.91 Å². The van der Waals surface area contributed by atoms with E-state index in [1.807, 2.05) is 60.8 Å². The largest absolute Gasteiger partial charge is 0.489 e. The molecular weight excluding hydrogens is 422 g/mol. The van der Waals surface area contributed by atoms with Gasteiger partial charge >= 0.3 is 0 Å². The first kappa shape index (κ1) is 22.0. The summed E-state index contributed by atoms with van der Waals surface area (Å²) in [5.41, 5.74) is 1.99. The number of rotatable bonds is 7. The average Bonchev–Trinajstić information content (AvgIpc) is 3.38. The smallest absolute Gasteiger partial charge is 0.264 e. The van der Waals surface area contributed by atoms with Gasteiger partial charge in [-0.25, -0.2) is 0 Å². The molecule has 1 saturated heterocycles. The minimum absolute atomic E-state index is 0.0531. The van der Waals surface area contributed by atoms with E-state index < -0.39 is 6.04 Å². The van der Waals surface area contributed by atoms with Crippen LogP contribution in [0.25, 0.3) is 0 Å². The Balaban J connectivity index is 1.35. The normalized spacial score (nSPS) is 16.9. The molecule has 6 nitrogen and oxygen atoms in total. The summed E-state index contributed by atoms with van der Waals surface area (Å²) in [5.74, 6) is 0.609. The lowest BCUT2D eigenvalue weighted by Crippen LogP contribution is -2.52. The Bertz CT molecular complexity index is 1020. The highest BCUT2D eigenvalue weighted by atomic mass is 32.1. The van der Waals surface area contributed by atoms with E-state index in [-0.39, 0.29) is 17.9 Å². The fraction of sp³-hybridized carbons (Fsp3) is 0.320. The number of hydrogen-bond donors (Lipinski definition) is 1. The van der Waals surface area contributed by atoms with Crippen LogP contribution in [0.5, 0.6) is 5.75 Å². The van der Waals surface area contributed by atoms with E-state index in [0.29, 0.717) is 24.4 Å². The summed E-state index contributed by atoms with van der Waals surface area (Å²) >= 11 is 1.41. The average molecular weight is 450 g/mol. The molecule has 0 spiro atoms. The highest BCUT2D eigenvalue weighted by molar-refractivity contribution is 7.12. The molecule has 2 amide bonds. The van der Waals surface area contributed by atoms with Crippen LogP contribution >= 0.6 is 11.3 Å². The quantitative estimate of drug-likeness (QED) is 0.573. The van der Waals surface area contributed by atoms with Gasteiger partial charge in [0, 0.05) is 24.5 Å². The Kier molecular flexibility index (Phi) is 7.17. The zero-order chi connectivity index (χ0) is 22.3. The van der Waals surface area contributed by atoms with Gasteiger partial charge in [-0.1, -0.05) is 24.3 Å². The number of carbonyl (C=O) groups excluding carboxylic acids is 2. The lowest BCUT2D eigenvalue weighted by molar-refractivity contribution is -0.127. The summed E-state index contributed by atoms with van der Waals surface area (Å²) in [7, 11) is 0. The van der Waals surface area contributed by atoms with Crippen LogP contribution in [-0.4, -0.2) is 34.3 Å². The first-order valence-electron chi connectivity index (χ1n) is 10.9. The molecule has 1 N–H and O–H groups in total. The van der Waals surface area contributed by atoms with Crippen molar-refractivity contribution in [3.8, 4) is 5.75 Å². The van der Waals surface area contributed by atoms with Gasteiger partial charge in [-0.2, -0.15) is 0 Å². The summed E-state index contributed by atoms with van der Waals surface area (Å²) in [6, 6.07) is 14.7. The minimum atomic E-state index is -0.428. The van der Waals surface area contributed by atoms with Crippen molar-refractivity contribution in [2.75, 3.05) is 6.54 Å². The van der Waals surface area contributed by atoms with Crippen LogP contribution in [0.1, 0.15) is 53.0 Å². The van der Waals surface area contributed by atoms with Gasteiger partial charge in [0.25, 0.3) is 5.91 Å². The summed E-state index contributed by atoms with van der Waals surface area (Å²) in [6.07, 6.45) is 6.08. The van der Waals surface area contributed by atoms with Crippen molar-refractivity contribution in [1.29, 1.82) is 0 Å². The molecule has 1 aromatic carbocycles.